The van der Waals surface area contributed by atoms with E-state index in [-0.39, 0.29) is 32.9 Å². The number of carbonyl (C=O) groups is 4. The van der Waals surface area contributed by atoms with Gasteiger partial charge in [0.15, 0.2) is 4.32 Å². The maximum atomic E-state index is 13.9. The van der Waals surface area contributed by atoms with Gasteiger partial charge in [-0.1, -0.05) is 78.6 Å². The van der Waals surface area contributed by atoms with Crippen molar-refractivity contribution in [1.29, 1.82) is 0 Å². The number of hydrogen-bond acceptors (Lipinski definition) is 7. The highest BCUT2D eigenvalue weighted by atomic mass is 32.2. The van der Waals surface area contributed by atoms with E-state index in [2.05, 4.69) is 5.32 Å². The normalized spacial score (nSPS) is 15.6. The summed E-state index contributed by atoms with van der Waals surface area (Å²) in [5.41, 5.74) is 2.72. The number of carbonyl (C=O) groups excluding carboxylic acids is 3. The zero-order valence-electron chi connectivity index (χ0n) is 24.4. The van der Waals surface area contributed by atoms with Crippen molar-refractivity contribution >= 4 is 74.6 Å². The molecule has 1 saturated heterocycles. The van der Waals surface area contributed by atoms with Crippen LogP contribution < -0.4 is 20.7 Å². The minimum atomic E-state index is -0.833. The number of nitrogens with zero attached hydrogens (tertiary/aromatic N) is 4. The molecule has 1 aromatic heterocycles. The second-order valence-electron chi connectivity index (χ2n) is 9.96. The summed E-state index contributed by atoms with van der Waals surface area (Å²) in [5, 5.41) is 10.2. The van der Waals surface area contributed by atoms with Crippen LogP contribution in [0.4, 0.5) is 17.1 Å². The standard InChI is InChI=1S/C30H23N5O4S2.C2H4O2/c1-18-25(28(38)35(32(18)2)20-13-7-4-8-14-20)34-29(39)26(41-30(34)40)24-21-15-9-10-16-22(21)33(27(24)37)17-23(36)31-19-11-5-3-6-12-19;1-2(3)4/h3-16H,17H2,1-2H3,(H,31,36);1H3,(H,3,4)/b26-24-;. The molecule has 0 atom stereocenters. The number of para-hydroxylation sites is 3. The zero-order valence-corrected chi connectivity index (χ0v) is 26.0. The quantitative estimate of drug-likeness (QED) is 0.243. The number of aromatic nitrogens is 2. The van der Waals surface area contributed by atoms with Gasteiger partial charge in [0.2, 0.25) is 5.91 Å². The van der Waals surface area contributed by atoms with E-state index < -0.39 is 23.3 Å². The van der Waals surface area contributed by atoms with Gasteiger partial charge in [0.05, 0.1) is 27.5 Å². The van der Waals surface area contributed by atoms with Crippen LogP contribution in [0.1, 0.15) is 18.2 Å². The monoisotopic (exact) mass is 641 g/mol. The van der Waals surface area contributed by atoms with Crippen LogP contribution in [0.3, 0.4) is 0 Å². The zero-order chi connectivity index (χ0) is 32.4. The second-order valence-corrected chi connectivity index (χ2v) is 11.6. The van der Waals surface area contributed by atoms with Gasteiger partial charge < -0.3 is 10.4 Å². The van der Waals surface area contributed by atoms with Crippen LogP contribution in [0.15, 0.2) is 94.6 Å². The third-order valence-corrected chi connectivity index (χ3v) is 8.40. The van der Waals surface area contributed by atoms with Gasteiger partial charge in [-0.3, -0.25) is 38.5 Å². The molecule has 0 aliphatic carbocycles. The Morgan fingerprint density at radius 3 is 2.11 bits per heavy atom. The van der Waals surface area contributed by atoms with Crippen molar-refractivity contribution in [3.05, 3.63) is 111 Å². The Labute approximate surface area is 267 Å². The summed E-state index contributed by atoms with van der Waals surface area (Å²) in [5.74, 6) is -2.25. The Bertz CT molecular complexity index is 1950. The molecule has 228 valence electrons. The third kappa shape index (κ3) is 5.95. The van der Waals surface area contributed by atoms with Gasteiger partial charge in [0.1, 0.15) is 12.2 Å². The minimum Gasteiger partial charge on any atom is -0.481 e. The van der Waals surface area contributed by atoms with Gasteiger partial charge in [-0.25, -0.2) is 4.68 Å². The molecule has 3 aromatic carbocycles. The summed E-state index contributed by atoms with van der Waals surface area (Å²) in [6.45, 7) is 2.58. The first-order valence-corrected chi connectivity index (χ1v) is 14.8. The maximum Gasteiger partial charge on any atom is 0.300 e. The van der Waals surface area contributed by atoms with Crippen molar-refractivity contribution in [1.82, 2.24) is 9.36 Å². The molecule has 0 saturated carbocycles. The van der Waals surface area contributed by atoms with E-state index in [1.54, 1.807) is 79.3 Å². The first-order chi connectivity index (χ1) is 21.5. The van der Waals surface area contributed by atoms with Crippen LogP contribution in [-0.4, -0.2) is 49.0 Å². The summed E-state index contributed by atoms with van der Waals surface area (Å²) in [6.07, 6.45) is 0. The number of benzene rings is 3. The van der Waals surface area contributed by atoms with Gasteiger partial charge in [-0.2, -0.15) is 0 Å². The molecule has 6 rings (SSSR count). The second kappa shape index (κ2) is 12.8. The Hall–Kier alpha value is -5.27. The molecule has 4 aromatic rings. The van der Waals surface area contributed by atoms with Crippen molar-refractivity contribution in [3.8, 4) is 5.69 Å². The molecule has 0 spiro atoms. The number of carboxylic acid groups (broad SMARTS) is 1. The first-order valence-electron chi connectivity index (χ1n) is 13.6. The third-order valence-electron chi connectivity index (χ3n) is 7.03. The molecule has 0 unspecified atom stereocenters. The highest BCUT2D eigenvalue weighted by Gasteiger charge is 2.44. The fraction of sp³-hybridized carbons (Fsp3) is 0.125. The summed E-state index contributed by atoms with van der Waals surface area (Å²) in [7, 11) is 1.73. The van der Waals surface area contributed by atoms with Crippen LogP contribution in [0.25, 0.3) is 11.3 Å². The van der Waals surface area contributed by atoms with Gasteiger partial charge in [0.25, 0.3) is 23.3 Å². The molecule has 0 radical (unpaired) electrons. The average molecular weight is 642 g/mol. The molecule has 3 heterocycles. The predicted octanol–water partition coefficient (Wildman–Crippen LogP) is 4.34. The number of nitrogens with one attached hydrogen (secondary N) is 1. The molecule has 2 aliphatic heterocycles. The van der Waals surface area contributed by atoms with Gasteiger partial charge >= 0.3 is 0 Å². The minimum absolute atomic E-state index is 0.118. The molecule has 3 amide bonds. The van der Waals surface area contributed by atoms with Gasteiger partial charge in [-0.15, -0.1) is 0 Å². The Balaban J connectivity index is 0.000000945. The fourth-order valence-electron chi connectivity index (χ4n) is 5.05. The van der Waals surface area contributed by atoms with E-state index in [9.17, 15) is 19.2 Å². The van der Waals surface area contributed by atoms with Crippen LogP contribution in [0.2, 0.25) is 0 Å². The molecule has 2 aliphatic rings. The van der Waals surface area contributed by atoms with E-state index >= 15 is 0 Å². The van der Waals surface area contributed by atoms with E-state index in [0.29, 0.717) is 28.3 Å². The molecule has 0 bridgehead atoms. The van der Waals surface area contributed by atoms with Crippen molar-refractivity contribution in [3.63, 3.8) is 0 Å². The molecule has 45 heavy (non-hydrogen) atoms. The van der Waals surface area contributed by atoms with E-state index in [1.165, 1.54) is 14.5 Å². The highest BCUT2D eigenvalue weighted by molar-refractivity contribution is 8.27. The van der Waals surface area contributed by atoms with Gasteiger partial charge in [-0.05, 0) is 37.3 Å². The van der Waals surface area contributed by atoms with Crippen LogP contribution in [0.5, 0.6) is 0 Å². The Morgan fingerprint density at radius 2 is 1.47 bits per heavy atom. The van der Waals surface area contributed by atoms with Crippen molar-refractivity contribution in [2.45, 2.75) is 13.8 Å². The summed E-state index contributed by atoms with van der Waals surface area (Å²) >= 11 is 6.57. The Morgan fingerprint density at radius 1 is 0.889 bits per heavy atom. The predicted molar refractivity (Wildman–Crippen MR) is 178 cm³/mol. The average Bonchev–Trinajstić information content (AvgIpc) is 3.53. The molecular weight excluding hydrogens is 615 g/mol. The van der Waals surface area contributed by atoms with Gasteiger partial charge in [0, 0.05) is 25.2 Å². The van der Waals surface area contributed by atoms with E-state index in [0.717, 1.165) is 18.7 Å². The van der Waals surface area contributed by atoms with Crippen molar-refractivity contribution < 1.29 is 24.3 Å². The first kappa shape index (κ1) is 31.2. The van der Waals surface area contributed by atoms with Crippen LogP contribution >= 0.6 is 24.0 Å². The van der Waals surface area contributed by atoms with Crippen LogP contribution in [0, 0.1) is 6.92 Å². The number of anilines is 3. The lowest BCUT2D eigenvalue weighted by Crippen LogP contribution is -2.36. The molecule has 1 fully saturated rings. The topological polar surface area (TPSA) is 134 Å². The van der Waals surface area contributed by atoms with Crippen molar-refractivity contribution in [2.75, 3.05) is 21.7 Å². The fourth-order valence-corrected chi connectivity index (χ4v) is 6.39. The van der Waals surface area contributed by atoms with E-state index in [1.807, 2.05) is 24.3 Å². The summed E-state index contributed by atoms with van der Waals surface area (Å²) < 4.78 is 3.29. The molecule has 13 heteroatoms. The summed E-state index contributed by atoms with van der Waals surface area (Å²) in [4.78, 5) is 65.9. The highest BCUT2D eigenvalue weighted by Crippen LogP contribution is 2.45. The Kier molecular flexibility index (Phi) is 8.84. The lowest BCUT2D eigenvalue weighted by Gasteiger charge is -2.16. The summed E-state index contributed by atoms with van der Waals surface area (Å²) in [6, 6.07) is 25.0. The number of thioether (sulfide) groups is 1. The van der Waals surface area contributed by atoms with Crippen LogP contribution in [-0.2, 0) is 26.2 Å². The van der Waals surface area contributed by atoms with E-state index in [4.69, 9.17) is 22.1 Å². The number of rotatable bonds is 5. The molecule has 2 N–H and O–H groups in total. The number of thiocarbonyl (C=S) groups is 1. The SMILES string of the molecule is CC(=O)O.Cc1c(N2C(=O)/C(=C3/C(=O)N(CC(=O)Nc4ccccc4)c4ccccc43)SC2=S)c(=O)n(-c2ccccc2)n1C. The number of fused-ring (bicyclic) bond motifs is 1. The number of carboxylic acids is 1. The number of amides is 3. The molecule has 11 nitrogen and oxygen atoms in total. The largest absolute Gasteiger partial charge is 0.481 e. The van der Waals surface area contributed by atoms with Crippen molar-refractivity contribution in [2.24, 2.45) is 7.05 Å². The lowest BCUT2D eigenvalue weighted by atomic mass is 10.1. The smallest absolute Gasteiger partial charge is 0.300 e. The molecular formula is C32H27N5O6S2. The number of hydrogen-bond donors (Lipinski definition) is 2. The number of aliphatic carboxylic acids is 1. The lowest BCUT2D eigenvalue weighted by molar-refractivity contribution is -0.134. The maximum absolute atomic E-state index is 13.9.